The molecule has 0 aromatic carbocycles. The predicted octanol–water partition coefficient (Wildman–Crippen LogP) is 6.05. The summed E-state index contributed by atoms with van der Waals surface area (Å²) in [5, 5.41) is 35.3. The highest BCUT2D eigenvalue weighted by molar-refractivity contribution is 5.97. The number of nitriles is 1. The predicted molar refractivity (Wildman–Crippen MR) is 185 cm³/mol. The SMILES string of the molecule is CCOc1cc(N(C(=NC#N)NCc2cc(C)c(-c3cn(C)nc3C(F)(F)F)nn2)C(N)c2cc(C)c(-c3cn(C)nc3C(F)(F)F)nn2)cc(C(F)(F)F)n1.Cl. The second-order valence-electron chi connectivity index (χ2n) is 12.0. The normalized spacial score (nSPS) is 12.8. The van der Waals surface area contributed by atoms with E-state index in [4.69, 9.17) is 10.5 Å². The lowest BCUT2D eigenvalue weighted by Crippen LogP contribution is -2.47. The summed E-state index contributed by atoms with van der Waals surface area (Å²) in [4.78, 5) is 8.15. The summed E-state index contributed by atoms with van der Waals surface area (Å²) in [6, 6.07) is 4.27. The highest BCUT2D eigenvalue weighted by Gasteiger charge is 2.40. The molecule has 0 amide bonds. The second-order valence-corrected chi connectivity index (χ2v) is 12.0. The minimum atomic E-state index is -5.01. The maximum absolute atomic E-state index is 14.1. The summed E-state index contributed by atoms with van der Waals surface area (Å²) in [5.74, 6) is -0.988. The van der Waals surface area contributed by atoms with Crippen molar-refractivity contribution in [3.05, 3.63) is 76.3 Å². The molecule has 0 aliphatic rings. The second kappa shape index (κ2) is 16.6. The topological polar surface area (TPSA) is 187 Å². The lowest BCUT2D eigenvalue weighted by atomic mass is 10.1. The average Bonchev–Trinajstić information content (AvgIpc) is 3.69. The van der Waals surface area contributed by atoms with E-state index in [1.807, 2.05) is 0 Å². The van der Waals surface area contributed by atoms with Crippen molar-refractivity contribution >= 4 is 24.1 Å². The molecule has 0 fully saturated rings. The van der Waals surface area contributed by atoms with Gasteiger partial charge in [0.15, 0.2) is 17.1 Å². The van der Waals surface area contributed by atoms with Gasteiger partial charge in [-0.25, -0.2) is 4.98 Å². The number of nitrogens with zero attached hydrogens (tertiary/aromatic N) is 12. The maximum Gasteiger partial charge on any atom is 0.435 e. The first-order valence-electron chi connectivity index (χ1n) is 16.0. The Morgan fingerprint density at radius 2 is 1.40 bits per heavy atom. The molecule has 5 aromatic heterocycles. The molecule has 0 aliphatic carbocycles. The van der Waals surface area contributed by atoms with Crippen LogP contribution in [0.1, 0.15) is 52.7 Å². The number of nitrogens with two attached hydrogens (primary N) is 1. The number of aliphatic imine (C=N–C) groups is 1. The van der Waals surface area contributed by atoms with Crippen LogP contribution >= 0.6 is 12.4 Å². The molecule has 5 aromatic rings. The highest BCUT2D eigenvalue weighted by Crippen LogP contribution is 2.39. The molecule has 0 saturated heterocycles. The number of ether oxygens (including phenoxy) is 1. The highest BCUT2D eigenvalue weighted by atomic mass is 35.5. The van der Waals surface area contributed by atoms with E-state index < -0.39 is 59.2 Å². The van der Waals surface area contributed by atoms with Crippen LogP contribution in [0.25, 0.3) is 22.5 Å². The number of nitrogens with one attached hydrogen (secondary N) is 1. The molecule has 0 radical (unpaired) electrons. The molecule has 5 rings (SSSR count). The van der Waals surface area contributed by atoms with Gasteiger partial charge in [0.05, 0.1) is 47.0 Å². The van der Waals surface area contributed by atoms with Crippen molar-refractivity contribution in [3.8, 4) is 34.6 Å². The van der Waals surface area contributed by atoms with Crippen LogP contribution in [-0.4, -0.2) is 57.5 Å². The number of alkyl halides is 9. The van der Waals surface area contributed by atoms with Gasteiger partial charge in [-0.3, -0.25) is 14.3 Å². The quantitative estimate of drug-likeness (QED) is 0.0577. The lowest BCUT2D eigenvalue weighted by Gasteiger charge is -2.31. The zero-order valence-electron chi connectivity index (χ0n) is 30.1. The third kappa shape index (κ3) is 9.66. The van der Waals surface area contributed by atoms with Gasteiger partial charge < -0.3 is 15.8 Å². The molecule has 1 unspecified atom stereocenters. The van der Waals surface area contributed by atoms with Crippen molar-refractivity contribution in [1.29, 1.82) is 5.26 Å². The molecule has 304 valence electrons. The summed E-state index contributed by atoms with van der Waals surface area (Å²) in [6.45, 7) is 3.89. The van der Waals surface area contributed by atoms with E-state index >= 15 is 0 Å². The fraction of sp³-hybridized carbons (Fsp3) is 0.344. The van der Waals surface area contributed by atoms with E-state index in [-0.39, 0.29) is 70.7 Å². The Labute approximate surface area is 322 Å². The molecule has 3 N–H and O–H groups in total. The molecule has 1 atom stereocenters. The molecule has 57 heavy (non-hydrogen) atoms. The number of guanidine groups is 1. The van der Waals surface area contributed by atoms with E-state index in [1.165, 1.54) is 53.2 Å². The Balaban J connectivity index is 0.00000720. The van der Waals surface area contributed by atoms with Crippen LogP contribution < -0.4 is 20.7 Å². The summed E-state index contributed by atoms with van der Waals surface area (Å²) in [5.41, 5.74) is 1.52. The van der Waals surface area contributed by atoms with E-state index in [0.717, 1.165) is 32.7 Å². The number of rotatable bonds is 9. The zero-order valence-corrected chi connectivity index (χ0v) is 30.9. The molecule has 15 nitrogen and oxygen atoms in total. The number of aryl methyl sites for hydroxylation is 4. The number of halogens is 10. The van der Waals surface area contributed by atoms with Crippen LogP contribution in [0.4, 0.5) is 45.2 Å². The van der Waals surface area contributed by atoms with Crippen molar-refractivity contribution in [2.75, 3.05) is 11.5 Å². The minimum Gasteiger partial charge on any atom is -0.478 e. The fourth-order valence-corrected chi connectivity index (χ4v) is 5.49. The first-order valence-corrected chi connectivity index (χ1v) is 16.0. The minimum absolute atomic E-state index is 0. The Kier molecular flexibility index (Phi) is 12.7. The third-order valence-electron chi connectivity index (χ3n) is 7.78. The van der Waals surface area contributed by atoms with Crippen molar-refractivity contribution in [1.82, 2.24) is 50.3 Å². The van der Waals surface area contributed by atoms with Crippen molar-refractivity contribution < 1.29 is 44.3 Å². The Hall–Kier alpha value is -6.09. The first kappa shape index (κ1) is 43.6. The van der Waals surface area contributed by atoms with E-state index in [9.17, 15) is 44.8 Å². The van der Waals surface area contributed by atoms with Gasteiger partial charge in [0, 0.05) is 32.6 Å². The van der Waals surface area contributed by atoms with Gasteiger partial charge in [0.2, 0.25) is 18.0 Å². The molecule has 5 heterocycles. The molecule has 0 aliphatic heterocycles. The number of hydrogen-bond acceptors (Lipinski definition) is 11. The summed E-state index contributed by atoms with van der Waals surface area (Å²) in [6.07, 6.45) is -12.6. The van der Waals surface area contributed by atoms with Gasteiger partial charge in [-0.05, 0) is 50.1 Å². The van der Waals surface area contributed by atoms with Crippen LogP contribution in [0, 0.1) is 25.3 Å². The van der Waals surface area contributed by atoms with E-state index in [2.05, 4.69) is 45.9 Å². The molecule has 0 spiro atoms. The Bertz CT molecular complexity index is 2310. The van der Waals surface area contributed by atoms with Crippen molar-refractivity contribution in [2.45, 2.75) is 52.0 Å². The standard InChI is InChI=1S/C32H29F9N14O.ClH/c1-6-56-23-10-18(9-22(46-23)30(33,34)35)55(28(43)21-8-16(3)25(50-48-21)20-13-54(5)52-27(20)32(39,40)41)29(45-14-42)44-11-17-7-15(2)24(49-47-17)19-12-53(4)51-26(19)31(36,37)38;/h7-10,12-13,28H,6,11,43H2,1-5H3,(H,44,45);1H. The van der Waals surface area contributed by atoms with E-state index in [0.29, 0.717) is 6.07 Å². The number of aromatic nitrogens is 9. The third-order valence-corrected chi connectivity index (χ3v) is 7.78. The first-order chi connectivity index (χ1) is 26.1. The molecular weight excluding hydrogens is 803 g/mol. The van der Waals surface area contributed by atoms with Gasteiger partial charge in [-0.15, -0.1) is 27.6 Å². The molecule has 0 bridgehead atoms. The summed E-state index contributed by atoms with van der Waals surface area (Å²) < 4.78 is 132. The van der Waals surface area contributed by atoms with Gasteiger partial charge in [-0.2, -0.15) is 65.2 Å². The van der Waals surface area contributed by atoms with Gasteiger partial charge in [0.1, 0.15) is 11.9 Å². The zero-order chi connectivity index (χ0) is 41.3. The van der Waals surface area contributed by atoms with Crippen LogP contribution in [0.15, 0.2) is 41.7 Å². The van der Waals surface area contributed by atoms with Gasteiger partial charge in [-0.1, -0.05) is 0 Å². The van der Waals surface area contributed by atoms with E-state index in [1.54, 1.807) is 0 Å². The Morgan fingerprint density at radius 1 is 0.860 bits per heavy atom. The van der Waals surface area contributed by atoms with Crippen LogP contribution in [0.5, 0.6) is 5.88 Å². The number of pyridine rings is 1. The smallest absolute Gasteiger partial charge is 0.435 e. The number of hydrogen-bond donors (Lipinski definition) is 2. The van der Waals surface area contributed by atoms with Crippen LogP contribution in [0.3, 0.4) is 0 Å². The lowest BCUT2D eigenvalue weighted by molar-refractivity contribution is -0.142. The maximum atomic E-state index is 14.1. The van der Waals surface area contributed by atoms with Crippen LogP contribution in [-0.2, 0) is 39.2 Å². The van der Waals surface area contributed by atoms with Crippen molar-refractivity contribution in [2.24, 2.45) is 24.8 Å². The molecule has 0 saturated carbocycles. The van der Waals surface area contributed by atoms with Crippen molar-refractivity contribution in [3.63, 3.8) is 0 Å². The fourth-order valence-electron chi connectivity index (χ4n) is 5.49. The van der Waals surface area contributed by atoms with Gasteiger partial charge >= 0.3 is 18.5 Å². The van der Waals surface area contributed by atoms with Crippen LogP contribution in [0.2, 0.25) is 0 Å². The van der Waals surface area contributed by atoms with Gasteiger partial charge in [0.25, 0.3) is 0 Å². The average molecular weight is 833 g/mol. The summed E-state index contributed by atoms with van der Waals surface area (Å²) >= 11 is 0. The monoisotopic (exact) mass is 832 g/mol. The summed E-state index contributed by atoms with van der Waals surface area (Å²) in [7, 11) is 2.58. The largest absolute Gasteiger partial charge is 0.478 e. The molecular formula is C32H30ClF9N14O. The number of anilines is 1. The molecule has 25 heteroatoms. The Morgan fingerprint density at radius 3 is 1.88 bits per heavy atom.